The van der Waals surface area contributed by atoms with Gasteiger partial charge in [-0.25, -0.2) is 9.78 Å². The van der Waals surface area contributed by atoms with E-state index in [9.17, 15) is 14.4 Å². The van der Waals surface area contributed by atoms with Gasteiger partial charge in [-0.1, -0.05) is 25.4 Å². The first-order chi connectivity index (χ1) is 13.8. The van der Waals surface area contributed by atoms with E-state index in [1.807, 2.05) is 26.8 Å². The van der Waals surface area contributed by atoms with E-state index < -0.39 is 11.2 Å². The van der Waals surface area contributed by atoms with Crippen molar-refractivity contribution in [3.8, 4) is 0 Å². The van der Waals surface area contributed by atoms with Gasteiger partial charge in [-0.15, -0.1) is 11.3 Å². The molecule has 0 spiro atoms. The molecule has 3 aromatic heterocycles. The van der Waals surface area contributed by atoms with Crippen molar-refractivity contribution in [2.24, 2.45) is 0 Å². The van der Waals surface area contributed by atoms with Crippen LogP contribution in [0.2, 0.25) is 4.34 Å². The third kappa shape index (κ3) is 4.13. The SMILES string of the molecule is CCN(Cc1ccc(Cl)s1)C(=O)c1cc(C(C)C)nc2c1c(=O)[nH]c(=O)n2CC. The number of rotatable bonds is 6. The third-order valence-corrected chi connectivity index (χ3v) is 5.97. The molecule has 0 fully saturated rings. The summed E-state index contributed by atoms with van der Waals surface area (Å²) in [6, 6.07) is 5.34. The Hall–Kier alpha value is -2.45. The first-order valence-corrected chi connectivity index (χ1v) is 10.7. The summed E-state index contributed by atoms with van der Waals surface area (Å²) in [7, 11) is 0. The van der Waals surface area contributed by atoms with Gasteiger partial charge in [0.25, 0.3) is 11.5 Å². The molecule has 3 rings (SSSR count). The molecule has 0 aliphatic rings. The van der Waals surface area contributed by atoms with Gasteiger partial charge < -0.3 is 4.90 Å². The lowest BCUT2D eigenvalue weighted by atomic mass is 10.0. The summed E-state index contributed by atoms with van der Waals surface area (Å²) in [6.45, 7) is 8.76. The monoisotopic (exact) mass is 434 g/mol. The molecule has 0 saturated carbocycles. The highest BCUT2D eigenvalue weighted by atomic mass is 35.5. The Kier molecular flexibility index (Phi) is 6.24. The van der Waals surface area contributed by atoms with Gasteiger partial charge in [0.15, 0.2) is 5.65 Å². The summed E-state index contributed by atoms with van der Waals surface area (Å²) >= 11 is 7.43. The van der Waals surface area contributed by atoms with Crippen LogP contribution in [0.25, 0.3) is 11.0 Å². The molecule has 0 saturated heterocycles. The number of aromatic amines is 1. The van der Waals surface area contributed by atoms with Crippen LogP contribution >= 0.6 is 22.9 Å². The maximum atomic E-state index is 13.4. The number of halogens is 1. The first-order valence-electron chi connectivity index (χ1n) is 9.48. The van der Waals surface area contributed by atoms with Crippen molar-refractivity contribution in [1.82, 2.24) is 19.4 Å². The number of aromatic nitrogens is 3. The summed E-state index contributed by atoms with van der Waals surface area (Å²) in [5.74, 6) is -0.255. The Balaban J connectivity index is 2.22. The van der Waals surface area contributed by atoms with Crippen molar-refractivity contribution >= 4 is 39.9 Å². The topological polar surface area (TPSA) is 88.1 Å². The van der Waals surface area contributed by atoms with Crippen LogP contribution in [0, 0.1) is 0 Å². The van der Waals surface area contributed by atoms with E-state index in [2.05, 4.69) is 9.97 Å². The number of thiophene rings is 1. The van der Waals surface area contributed by atoms with E-state index in [-0.39, 0.29) is 28.4 Å². The summed E-state index contributed by atoms with van der Waals surface area (Å²) in [4.78, 5) is 47.8. The largest absolute Gasteiger partial charge is 0.334 e. The van der Waals surface area contributed by atoms with Crippen LogP contribution < -0.4 is 11.2 Å². The molecule has 0 bridgehead atoms. The smallest absolute Gasteiger partial charge is 0.329 e. The summed E-state index contributed by atoms with van der Waals surface area (Å²) in [6.07, 6.45) is 0. The molecule has 1 amide bonds. The predicted octanol–water partition coefficient (Wildman–Crippen LogP) is 3.61. The summed E-state index contributed by atoms with van der Waals surface area (Å²) in [5.41, 5.74) is 0.0226. The van der Waals surface area contributed by atoms with Crippen LogP contribution in [-0.2, 0) is 13.1 Å². The number of carbonyl (C=O) groups excluding carboxylic acids is 1. The number of hydrogen-bond donors (Lipinski definition) is 1. The van der Waals surface area contributed by atoms with Crippen LogP contribution in [-0.4, -0.2) is 31.9 Å². The molecule has 7 nitrogen and oxygen atoms in total. The molecule has 154 valence electrons. The molecule has 0 aromatic carbocycles. The number of aryl methyl sites for hydroxylation is 1. The molecular formula is C20H23ClN4O3S. The average Bonchev–Trinajstić information content (AvgIpc) is 3.09. The first kappa shape index (κ1) is 21.3. The highest BCUT2D eigenvalue weighted by Crippen LogP contribution is 2.25. The number of pyridine rings is 1. The maximum absolute atomic E-state index is 13.4. The lowest BCUT2D eigenvalue weighted by Crippen LogP contribution is -2.35. The second kappa shape index (κ2) is 8.51. The van der Waals surface area contributed by atoms with Gasteiger partial charge in [-0.3, -0.25) is 19.1 Å². The van der Waals surface area contributed by atoms with E-state index in [4.69, 9.17) is 11.6 Å². The van der Waals surface area contributed by atoms with Crippen molar-refractivity contribution in [3.63, 3.8) is 0 Å². The molecule has 0 radical (unpaired) electrons. The average molecular weight is 435 g/mol. The normalized spacial score (nSPS) is 11.4. The van der Waals surface area contributed by atoms with Gasteiger partial charge in [-0.2, -0.15) is 0 Å². The molecule has 0 aliphatic heterocycles. The van der Waals surface area contributed by atoms with Gasteiger partial charge >= 0.3 is 5.69 Å². The maximum Gasteiger partial charge on any atom is 0.329 e. The number of H-pyrrole nitrogens is 1. The number of nitrogens with zero attached hydrogens (tertiary/aromatic N) is 3. The minimum atomic E-state index is -0.601. The van der Waals surface area contributed by atoms with Crippen LogP contribution in [0.3, 0.4) is 0 Å². The van der Waals surface area contributed by atoms with Crippen molar-refractivity contribution in [2.45, 2.75) is 46.7 Å². The Morgan fingerprint density at radius 1 is 1.31 bits per heavy atom. The molecule has 0 atom stereocenters. The number of amides is 1. The second-order valence-electron chi connectivity index (χ2n) is 6.98. The number of carbonyl (C=O) groups is 1. The van der Waals surface area contributed by atoms with Crippen molar-refractivity contribution in [3.05, 3.63) is 59.5 Å². The predicted molar refractivity (Wildman–Crippen MR) is 116 cm³/mol. The standard InChI is InChI=1S/C20H23ClN4O3S/c1-5-24(10-12-7-8-15(21)29-12)19(27)13-9-14(11(3)4)22-17-16(13)18(26)23-20(28)25(17)6-2/h7-9,11H,5-6,10H2,1-4H3,(H,23,26,28). The Labute approximate surface area is 177 Å². The highest BCUT2D eigenvalue weighted by Gasteiger charge is 2.23. The van der Waals surface area contributed by atoms with Crippen LogP contribution in [0.15, 0.2) is 27.8 Å². The molecule has 9 heteroatoms. The molecule has 0 unspecified atom stereocenters. The molecule has 3 aromatic rings. The van der Waals surface area contributed by atoms with Gasteiger partial charge in [0, 0.05) is 23.7 Å². The lowest BCUT2D eigenvalue weighted by molar-refractivity contribution is 0.0756. The van der Waals surface area contributed by atoms with E-state index in [0.717, 1.165) is 4.88 Å². The van der Waals surface area contributed by atoms with Crippen LogP contribution in [0.5, 0.6) is 0 Å². The van der Waals surface area contributed by atoms with Gasteiger partial charge in [0.05, 0.1) is 21.8 Å². The van der Waals surface area contributed by atoms with E-state index in [1.54, 1.807) is 24.0 Å². The fourth-order valence-electron chi connectivity index (χ4n) is 3.17. The quantitative estimate of drug-likeness (QED) is 0.641. The fraction of sp³-hybridized carbons (Fsp3) is 0.400. The molecule has 1 N–H and O–H groups in total. The highest BCUT2D eigenvalue weighted by molar-refractivity contribution is 7.16. The van der Waals surface area contributed by atoms with Crippen molar-refractivity contribution in [1.29, 1.82) is 0 Å². The Morgan fingerprint density at radius 3 is 2.59 bits per heavy atom. The van der Waals surface area contributed by atoms with Gasteiger partial charge in [0.1, 0.15) is 0 Å². The van der Waals surface area contributed by atoms with Gasteiger partial charge in [0.2, 0.25) is 0 Å². The van der Waals surface area contributed by atoms with E-state index >= 15 is 0 Å². The summed E-state index contributed by atoms with van der Waals surface area (Å²) in [5, 5.41) is 0.142. The van der Waals surface area contributed by atoms with Crippen molar-refractivity contribution < 1.29 is 4.79 Å². The van der Waals surface area contributed by atoms with E-state index in [1.165, 1.54) is 15.9 Å². The van der Waals surface area contributed by atoms with Crippen LogP contribution in [0.4, 0.5) is 0 Å². The number of nitrogens with one attached hydrogen (secondary N) is 1. The van der Waals surface area contributed by atoms with Crippen molar-refractivity contribution in [2.75, 3.05) is 6.54 Å². The number of fused-ring (bicyclic) bond motifs is 1. The molecule has 0 aliphatic carbocycles. The molecule has 3 heterocycles. The minimum absolute atomic E-state index is 0.0248. The Morgan fingerprint density at radius 2 is 2.03 bits per heavy atom. The number of hydrogen-bond acceptors (Lipinski definition) is 5. The second-order valence-corrected chi connectivity index (χ2v) is 8.78. The lowest BCUT2D eigenvalue weighted by Gasteiger charge is -2.22. The zero-order valence-corrected chi connectivity index (χ0v) is 18.4. The Bertz CT molecular complexity index is 1180. The molecular weight excluding hydrogens is 412 g/mol. The third-order valence-electron chi connectivity index (χ3n) is 4.75. The molecule has 29 heavy (non-hydrogen) atoms. The zero-order chi connectivity index (χ0) is 21.3. The fourth-order valence-corrected chi connectivity index (χ4v) is 4.28. The minimum Gasteiger partial charge on any atom is -0.334 e. The van der Waals surface area contributed by atoms with Crippen LogP contribution in [0.1, 0.15) is 54.5 Å². The summed E-state index contributed by atoms with van der Waals surface area (Å²) < 4.78 is 2.04. The van der Waals surface area contributed by atoms with E-state index in [0.29, 0.717) is 29.7 Å². The zero-order valence-electron chi connectivity index (χ0n) is 16.8. The van der Waals surface area contributed by atoms with Gasteiger partial charge in [-0.05, 0) is 38.0 Å².